The summed E-state index contributed by atoms with van der Waals surface area (Å²) in [4.78, 5) is 85.3. The predicted octanol–water partition coefficient (Wildman–Crippen LogP) is 22.1. The second-order valence-corrected chi connectivity index (χ2v) is 24.3. The number of benzene rings is 13. The maximum atomic E-state index is 13.0. The highest BCUT2D eigenvalue weighted by molar-refractivity contribution is 6.12. The van der Waals surface area contributed by atoms with Crippen molar-refractivity contribution in [2.75, 3.05) is 0 Å². The molecule has 0 unspecified atom stereocenters. The van der Waals surface area contributed by atoms with Gasteiger partial charge in [-0.1, -0.05) is 162 Å². The lowest BCUT2D eigenvalue weighted by molar-refractivity contribution is 0.100. The van der Waals surface area contributed by atoms with E-state index in [9.17, 15) is 33.6 Å². The molecule has 13 rings (SSSR count). The number of rotatable bonds is 22. The Morgan fingerprint density at radius 2 is 0.282 bits per heavy atom. The van der Waals surface area contributed by atoms with Crippen molar-refractivity contribution in [3.8, 4) is 68.6 Å². The number of ketones is 7. The molecule has 0 saturated carbocycles. The van der Waals surface area contributed by atoms with Crippen LogP contribution in [0.15, 0.2) is 315 Å². The minimum atomic E-state index is -0.140. The van der Waals surface area contributed by atoms with Crippen molar-refractivity contribution in [2.45, 2.75) is 41.5 Å². The minimum absolute atomic E-state index is 0.0152. The molecule has 0 spiro atoms. The average Bonchev–Trinajstić information content (AvgIpc) is 0.852. The van der Waals surface area contributed by atoms with Crippen molar-refractivity contribution in [3.63, 3.8) is 0 Å². The molecule has 12 heteroatoms. The highest BCUT2D eigenvalue weighted by Gasteiger charge is 2.16. The normalized spacial score (nSPS) is 10.5. The van der Waals surface area contributed by atoms with Gasteiger partial charge in [-0.05, 0) is 223 Å². The van der Waals surface area contributed by atoms with Crippen LogP contribution in [0.3, 0.4) is 0 Å². The fraction of sp³-hybridized carbons (Fsp3) is 0.0659. The maximum absolute atomic E-state index is 13.0. The van der Waals surface area contributed by atoms with Gasteiger partial charge in [-0.2, -0.15) is 0 Å². The third kappa shape index (κ3) is 19.5. The highest BCUT2D eigenvalue weighted by atomic mass is 16.5. The van der Waals surface area contributed by atoms with Crippen molar-refractivity contribution >= 4 is 40.5 Å². The molecular formula is C91H70O12. The van der Waals surface area contributed by atoms with Crippen LogP contribution in [0.5, 0.6) is 57.5 Å². The smallest absolute Gasteiger partial charge is 0.193 e. The molecule has 0 aliphatic rings. The van der Waals surface area contributed by atoms with Crippen LogP contribution in [0.2, 0.25) is 0 Å². The van der Waals surface area contributed by atoms with E-state index in [0.29, 0.717) is 89.9 Å². The summed E-state index contributed by atoms with van der Waals surface area (Å²) in [6.07, 6.45) is 0. The Morgan fingerprint density at radius 3 is 0.456 bits per heavy atom. The summed E-state index contributed by atoms with van der Waals surface area (Å²) in [7, 11) is 0. The second-order valence-electron chi connectivity index (χ2n) is 24.3. The van der Waals surface area contributed by atoms with E-state index in [1.807, 2.05) is 166 Å². The molecule has 0 saturated heterocycles. The molecule has 12 nitrogen and oxygen atoms in total. The first-order chi connectivity index (χ1) is 49.8. The van der Waals surface area contributed by atoms with Crippen LogP contribution >= 0.6 is 0 Å². The number of aryl methyl sites for hydroxylation is 3. The van der Waals surface area contributed by atoms with E-state index >= 15 is 0 Å². The summed E-state index contributed by atoms with van der Waals surface area (Å²) in [5.41, 5.74) is 11.7. The number of Topliss-reactive ketones (excluding diaryl/α,β-unsaturated/α-hetero) is 3. The Labute approximate surface area is 598 Å². The van der Waals surface area contributed by atoms with E-state index in [4.69, 9.17) is 23.7 Å². The zero-order valence-electron chi connectivity index (χ0n) is 57.4. The van der Waals surface area contributed by atoms with Gasteiger partial charge >= 0.3 is 0 Å². The molecule has 0 atom stereocenters. The summed E-state index contributed by atoms with van der Waals surface area (Å²) in [5.74, 6) is 6.38. The van der Waals surface area contributed by atoms with Gasteiger partial charge in [0.1, 0.15) is 57.5 Å². The predicted molar refractivity (Wildman–Crippen MR) is 401 cm³/mol. The first-order valence-corrected chi connectivity index (χ1v) is 33.1. The van der Waals surface area contributed by atoms with Crippen LogP contribution in [0.25, 0.3) is 11.1 Å². The maximum Gasteiger partial charge on any atom is 0.193 e. The molecule has 103 heavy (non-hydrogen) atoms. The quantitative estimate of drug-likeness (QED) is 0.0590. The third-order valence-electron chi connectivity index (χ3n) is 16.5. The lowest BCUT2D eigenvalue weighted by Crippen LogP contribution is -2.02. The number of carbonyl (C=O) groups excluding carboxylic acids is 7. The van der Waals surface area contributed by atoms with Crippen molar-refractivity contribution in [3.05, 3.63) is 393 Å². The average molecular weight is 1360 g/mol. The molecular weight excluding hydrogens is 1280 g/mol. The number of hydrogen-bond acceptors (Lipinski definition) is 12. The van der Waals surface area contributed by atoms with E-state index in [-0.39, 0.29) is 40.5 Å². The lowest BCUT2D eigenvalue weighted by Gasteiger charge is -2.09. The summed E-state index contributed by atoms with van der Waals surface area (Å²) in [6, 6.07) is 94.1. The van der Waals surface area contributed by atoms with Gasteiger partial charge in [0.2, 0.25) is 0 Å². The summed E-state index contributed by atoms with van der Waals surface area (Å²) >= 11 is 0. The summed E-state index contributed by atoms with van der Waals surface area (Å²) < 4.78 is 29.3. The van der Waals surface area contributed by atoms with Gasteiger partial charge in [-0.3, -0.25) is 33.6 Å². The van der Waals surface area contributed by atoms with E-state index in [1.165, 1.54) is 31.9 Å². The van der Waals surface area contributed by atoms with Gasteiger partial charge in [0.15, 0.2) is 40.5 Å². The monoisotopic (exact) mass is 1350 g/mol. The van der Waals surface area contributed by atoms with Crippen LogP contribution in [0.4, 0.5) is 0 Å². The molecule has 0 fully saturated rings. The standard InChI is InChI=1S/C35H26O5.C28H22O4.C28H22O3/c1-23-3-15-30(16-4-23)39-31-17-11-28(12-18-31)35(38)29-13-21-33(22-14-29)40-32-19-9-27(10-20-32)34(37)26-7-5-25(6-8-26)24(2)36;1-19-3-11-24(12-4-19)31-26-15-17-27(18-16-26)32-25-13-9-23(10-14-25)28(30)22-7-5-21(6-8-22)20(2)29;1-19-3-15-26(16-4-19)31-27-17-13-23(14-18-27)22-7-11-25(12-8-22)28(30)24-9-5-21(6-10-24)20(2)29/h3-22H,1-2H3;3-18H,1-2H3;3-18H,1-2H3. The molecule has 0 aromatic heterocycles. The van der Waals surface area contributed by atoms with Crippen LogP contribution in [-0.4, -0.2) is 40.5 Å². The first kappa shape index (κ1) is 70.9. The second kappa shape index (κ2) is 33.4. The molecule has 0 aliphatic carbocycles. The third-order valence-corrected chi connectivity index (χ3v) is 16.5. The molecule has 13 aromatic carbocycles. The zero-order chi connectivity index (χ0) is 72.4. The number of ether oxygens (including phenoxy) is 5. The fourth-order valence-electron chi connectivity index (χ4n) is 10.5. The van der Waals surface area contributed by atoms with E-state index in [0.717, 1.165) is 45.4 Å². The Balaban J connectivity index is 0.000000157. The summed E-state index contributed by atoms with van der Waals surface area (Å²) in [5, 5.41) is 0. The van der Waals surface area contributed by atoms with Gasteiger partial charge in [0.25, 0.3) is 0 Å². The SMILES string of the molecule is CC(=O)c1ccc(C(=O)c2ccc(-c3ccc(Oc4ccc(C)cc4)cc3)cc2)cc1.CC(=O)c1ccc(C(=O)c2ccc(Oc3ccc(C(=O)c4ccc(Oc5ccc(C)cc5)cc4)cc3)cc2)cc1.CC(=O)c1ccc(C(=O)c2ccc(Oc3ccc(Oc4ccc(C)cc4)cc3)cc2)cc1. The Bertz CT molecular complexity index is 5110. The number of carbonyl (C=O) groups is 7. The van der Waals surface area contributed by atoms with Crippen molar-refractivity contribution in [1.29, 1.82) is 0 Å². The van der Waals surface area contributed by atoms with E-state index in [1.54, 1.807) is 170 Å². The van der Waals surface area contributed by atoms with Crippen molar-refractivity contribution in [2.24, 2.45) is 0 Å². The Kier molecular flexibility index (Phi) is 23.0. The zero-order valence-corrected chi connectivity index (χ0v) is 57.4. The largest absolute Gasteiger partial charge is 0.457 e. The molecule has 0 heterocycles. The molecule has 506 valence electrons. The van der Waals surface area contributed by atoms with Crippen LogP contribution in [0.1, 0.15) is 132 Å². The van der Waals surface area contributed by atoms with Crippen LogP contribution < -0.4 is 23.7 Å². The van der Waals surface area contributed by atoms with Crippen LogP contribution in [0, 0.1) is 20.8 Å². The Morgan fingerprint density at radius 1 is 0.165 bits per heavy atom. The van der Waals surface area contributed by atoms with Gasteiger partial charge < -0.3 is 23.7 Å². The Hall–Kier alpha value is -13.5. The molecule has 0 aliphatic heterocycles. The number of hydrogen-bond donors (Lipinski definition) is 0. The minimum Gasteiger partial charge on any atom is -0.457 e. The van der Waals surface area contributed by atoms with Gasteiger partial charge in [0.05, 0.1) is 0 Å². The topological polar surface area (TPSA) is 166 Å². The van der Waals surface area contributed by atoms with Gasteiger partial charge in [0, 0.05) is 61.2 Å². The molecule has 0 N–H and O–H groups in total. The lowest BCUT2D eigenvalue weighted by atomic mass is 9.98. The fourth-order valence-corrected chi connectivity index (χ4v) is 10.5. The van der Waals surface area contributed by atoms with Gasteiger partial charge in [-0.25, -0.2) is 0 Å². The van der Waals surface area contributed by atoms with E-state index < -0.39 is 0 Å². The van der Waals surface area contributed by atoms with E-state index in [2.05, 4.69) is 0 Å². The molecule has 13 aromatic rings. The summed E-state index contributed by atoms with van der Waals surface area (Å²) in [6.45, 7) is 10.6. The molecule has 0 amide bonds. The van der Waals surface area contributed by atoms with Crippen molar-refractivity contribution in [1.82, 2.24) is 0 Å². The van der Waals surface area contributed by atoms with Gasteiger partial charge in [-0.15, -0.1) is 0 Å². The van der Waals surface area contributed by atoms with Crippen molar-refractivity contribution < 1.29 is 57.2 Å². The molecule has 0 bridgehead atoms. The highest BCUT2D eigenvalue weighted by Crippen LogP contribution is 2.31. The first-order valence-electron chi connectivity index (χ1n) is 33.1. The molecule has 0 radical (unpaired) electrons. The van der Waals surface area contributed by atoms with Crippen LogP contribution in [-0.2, 0) is 0 Å².